The number of rotatable bonds is 5. The Morgan fingerprint density at radius 3 is 2.92 bits per heavy atom. The number of ether oxygens (including phenoxy) is 3. The van der Waals surface area contributed by atoms with Gasteiger partial charge in [0.05, 0.1) is 13.7 Å². The lowest BCUT2D eigenvalue weighted by molar-refractivity contribution is 0.174. The Bertz CT molecular complexity index is 863. The molecule has 1 aliphatic heterocycles. The summed E-state index contributed by atoms with van der Waals surface area (Å²) in [7, 11) is 1.62. The van der Waals surface area contributed by atoms with Crippen LogP contribution in [0.2, 0.25) is 0 Å². The number of benzene rings is 2. The highest BCUT2D eigenvalue weighted by Gasteiger charge is 2.14. The van der Waals surface area contributed by atoms with Crippen LogP contribution >= 0.6 is 0 Å². The molecule has 0 amide bonds. The quantitative estimate of drug-likeness (QED) is 0.772. The zero-order valence-electron chi connectivity index (χ0n) is 13.0. The maximum atomic E-state index is 5.69. The Balaban J connectivity index is 1.45. The van der Waals surface area contributed by atoms with Crippen molar-refractivity contribution >= 4 is 5.69 Å². The molecule has 0 fully saturated rings. The molecule has 0 aliphatic carbocycles. The summed E-state index contributed by atoms with van der Waals surface area (Å²) in [4.78, 5) is 0. The van der Waals surface area contributed by atoms with Crippen molar-refractivity contribution in [3.63, 3.8) is 0 Å². The Hall–Kier alpha value is -3.22. The van der Waals surface area contributed by atoms with Gasteiger partial charge in [0.2, 0.25) is 18.6 Å². The summed E-state index contributed by atoms with van der Waals surface area (Å²) in [6.45, 7) is 0.670. The summed E-state index contributed by atoms with van der Waals surface area (Å²) in [5.41, 5.74) is 1.71. The fourth-order valence-electron chi connectivity index (χ4n) is 2.38. The van der Waals surface area contributed by atoms with E-state index in [-0.39, 0.29) is 6.79 Å². The van der Waals surface area contributed by atoms with E-state index in [1.165, 1.54) is 0 Å². The van der Waals surface area contributed by atoms with Crippen LogP contribution in [0.15, 0.2) is 46.9 Å². The molecule has 0 spiro atoms. The first-order valence-corrected chi connectivity index (χ1v) is 7.42. The predicted molar refractivity (Wildman–Crippen MR) is 86.2 cm³/mol. The first kappa shape index (κ1) is 14.4. The maximum absolute atomic E-state index is 5.69. The van der Waals surface area contributed by atoms with E-state index in [9.17, 15) is 0 Å². The van der Waals surface area contributed by atoms with E-state index < -0.39 is 0 Å². The summed E-state index contributed by atoms with van der Waals surface area (Å²) in [6.07, 6.45) is 0. The first-order valence-electron chi connectivity index (χ1n) is 7.42. The molecule has 24 heavy (non-hydrogen) atoms. The van der Waals surface area contributed by atoms with E-state index in [1.54, 1.807) is 7.11 Å². The fourth-order valence-corrected chi connectivity index (χ4v) is 2.38. The molecule has 1 aliphatic rings. The van der Waals surface area contributed by atoms with Gasteiger partial charge >= 0.3 is 0 Å². The number of nitrogens with one attached hydrogen (secondary N) is 1. The summed E-state index contributed by atoms with van der Waals surface area (Å²) < 4.78 is 21.5. The fraction of sp³-hybridized carbons (Fsp3) is 0.176. The van der Waals surface area contributed by atoms with Gasteiger partial charge in [0.25, 0.3) is 0 Å². The third-order valence-electron chi connectivity index (χ3n) is 3.60. The maximum Gasteiger partial charge on any atom is 0.247 e. The van der Waals surface area contributed by atoms with Crippen LogP contribution in [0.4, 0.5) is 5.69 Å². The van der Waals surface area contributed by atoms with E-state index >= 15 is 0 Å². The normalized spacial score (nSPS) is 12.2. The van der Waals surface area contributed by atoms with Crippen molar-refractivity contribution in [1.29, 1.82) is 0 Å². The average Bonchev–Trinajstić information content (AvgIpc) is 3.28. The average molecular weight is 325 g/mol. The number of hydrogen-bond donors (Lipinski definition) is 1. The summed E-state index contributed by atoms with van der Waals surface area (Å²) >= 11 is 0. The minimum absolute atomic E-state index is 0.256. The SMILES string of the molecule is COc1cccc(-c2nnc(CNc3ccc4c(c3)OCO4)o2)c1. The van der Waals surface area contributed by atoms with Crippen LogP contribution < -0.4 is 19.5 Å². The van der Waals surface area contributed by atoms with Crippen molar-refractivity contribution in [2.45, 2.75) is 6.54 Å². The minimum atomic E-state index is 0.256. The molecular weight excluding hydrogens is 310 g/mol. The van der Waals surface area contributed by atoms with Gasteiger partial charge in [0.15, 0.2) is 11.5 Å². The van der Waals surface area contributed by atoms with Crippen LogP contribution in [-0.2, 0) is 6.54 Å². The van der Waals surface area contributed by atoms with Crippen molar-refractivity contribution in [2.24, 2.45) is 0 Å². The van der Waals surface area contributed by atoms with Gasteiger partial charge < -0.3 is 23.9 Å². The monoisotopic (exact) mass is 325 g/mol. The van der Waals surface area contributed by atoms with Crippen LogP contribution in [0.1, 0.15) is 5.89 Å². The van der Waals surface area contributed by atoms with Gasteiger partial charge in [-0.25, -0.2) is 0 Å². The number of nitrogens with zero attached hydrogens (tertiary/aromatic N) is 2. The van der Waals surface area contributed by atoms with Crippen LogP contribution in [0, 0.1) is 0 Å². The second-order valence-electron chi connectivity index (χ2n) is 5.15. The molecule has 0 atom stereocenters. The standard InChI is InChI=1S/C17H15N3O4/c1-21-13-4-2-3-11(7-13)17-20-19-16(24-17)9-18-12-5-6-14-15(8-12)23-10-22-14/h2-8,18H,9-10H2,1H3. The lowest BCUT2D eigenvalue weighted by Crippen LogP contribution is -1.99. The zero-order chi connectivity index (χ0) is 16.4. The molecule has 0 unspecified atom stereocenters. The lowest BCUT2D eigenvalue weighted by Gasteiger charge is -2.04. The van der Waals surface area contributed by atoms with Crippen LogP contribution in [0.3, 0.4) is 0 Å². The molecule has 0 saturated heterocycles. The minimum Gasteiger partial charge on any atom is -0.497 e. The molecule has 7 heteroatoms. The third-order valence-corrected chi connectivity index (χ3v) is 3.60. The molecule has 2 heterocycles. The van der Waals surface area contributed by atoms with E-state index in [1.807, 2.05) is 42.5 Å². The lowest BCUT2D eigenvalue weighted by atomic mass is 10.2. The van der Waals surface area contributed by atoms with Crippen LogP contribution in [-0.4, -0.2) is 24.1 Å². The number of methoxy groups -OCH3 is 1. The number of anilines is 1. The smallest absolute Gasteiger partial charge is 0.247 e. The first-order chi connectivity index (χ1) is 11.8. The Morgan fingerprint density at radius 1 is 1.08 bits per heavy atom. The topological polar surface area (TPSA) is 78.6 Å². The molecule has 0 saturated carbocycles. The third kappa shape index (κ3) is 2.83. The van der Waals surface area contributed by atoms with E-state index in [4.69, 9.17) is 18.6 Å². The largest absolute Gasteiger partial charge is 0.497 e. The predicted octanol–water partition coefficient (Wildman–Crippen LogP) is 3.09. The molecule has 3 aromatic rings. The molecule has 0 radical (unpaired) electrons. The molecule has 1 aromatic heterocycles. The molecular formula is C17H15N3O4. The van der Waals surface area contributed by atoms with Crippen molar-refractivity contribution in [3.05, 3.63) is 48.4 Å². The second-order valence-corrected chi connectivity index (χ2v) is 5.15. The van der Waals surface area contributed by atoms with Gasteiger partial charge in [-0.2, -0.15) is 0 Å². The van der Waals surface area contributed by atoms with Gasteiger partial charge in [-0.3, -0.25) is 0 Å². The Morgan fingerprint density at radius 2 is 2.00 bits per heavy atom. The summed E-state index contributed by atoms with van der Waals surface area (Å²) in [5.74, 6) is 3.16. The van der Waals surface area contributed by atoms with Crippen molar-refractivity contribution in [1.82, 2.24) is 10.2 Å². The molecule has 122 valence electrons. The summed E-state index contributed by atoms with van der Waals surface area (Å²) in [6, 6.07) is 13.1. The Labute approximate surface area is 138 Å². The second kappa shape index (κ2) is 6.11. The zero-order valence-corrected chi connectivity index (χ0v) is 13.0. The number of hydrogen-bond acceptors (Lipinski definition) is 7. The highest BCUT2D eigenvalue weighted by Crippen LogP contribution is 2.34. The van der Waals surface area contributed by atoms with Gasteiger partial charge in [-0.05, 0) is 30.3 Å². The van der Waals surface area contributed by atoms with Gasteiger partial charge in [-0.1, -0.05) is 6.07 Å². The van der Waals surface area contributed by atoms with Crippen molar-refractivity contribution in [2.75, 3.05) is 19.2 Å². The highest BCUT2D eigenvalue weighted by atomic mass is 16.7. The molecule has 1 N–H and O–H groups in total. The number of aromatic nitrogens is 2. The van der Waals surface area contributed by atoms with Crippen LogP contribution in [0.5, 0.6) is 17.2 Å². The van der Waals surface area contributed by atoms with Gasteiger partial charge in [-0.15, -0.1) is 10.2 Å². The van der Waals surface area contributed by atoms with E-state index in [2.05, 4.69) is 15.5 Å². The summed E-state index contributed by atoms with van der Waals surface area (Å²) in [5, 5.41) is 11.4. The molecule has 0 bridgehead atoms. The highest BCUT2D eigenvalue weighted by molar-refractivity contribution is 5.56. The van der Waals surface area contributed by atoms with Gasteiger partial charge in [0.1, 0.15) is 5.75 Å². The molecule has 7 nitrogen and oxygen atoms in total. The Kier molecular flexibility index (Phi) is 3.66. The van der Waals surface area contributed by atoms with Gasteiger partial charge in [0, 0.05) is 17.3 Å². The van der Waals surface area contributed by atoms with Crippen molar-refractivity contribution < 1.29 is 18.6 Å². The van der Waals surface area contributed by atoms with E-state index in [0.717, 1.165) is 28.5 Å². The molecule has 4 rings (SSSR count). The van der Waals surface area contributed by atoms with E-state index in [0.29, 0.717) is 18.3 Å². The number of fused-ring (bicyclic) bond motifs is 1. The van der Waals surface area contributed by atoms with Crippen molar-refractivity contribution in [3.8, 4) is 28.7 Å². The molecule has 2 aromatic carbocycles. The van der Waals surface area contributed by atoms with Crippen LogP contribution in [0.25, 0.3) is 11.5 Å².